The van der Waals surface area contributed by atoms with Crippen LogP contribution < -0.4 is 5.73 Å². The maximum atomic E-state index is 12.5. The van der Waals surface area contributed by atoms with Gasteiger partial charge in [-0.3, -0.25) is 4.79 Å². The van der Waals surface area contributed by atoms with Crippen LogP contribution in [0.15, 0.2) is 12.3 Å². The molecule has 0 radical (unpaired) electrons. The average molecular weight is 249 g/mol. The molecule has 0 aliphatic carbocycles. The molecule has 0 spiro atoms. The number of likely N-dealkylation sites (tertiary alicyclic amines) is 1. The first-order chi connectivity index (χ1) is 8.59. The molecule has 4 heteroatoms. The number of hydrogen-bond donors (Lipinski definition) is 1. The molecule has 0 saturated carbocycles. The molecule has 0 atom stereocenters. The van der Waals surface area contributed by atoms with E-state index in [1.807, 2.05) is 15.7 Å². The topological polar surface area (TPSA) is 51.3 Å². The number of nitrogens with zero attached hydrogens (tertiary/aromatic N) is 2. The van der Waals surface area contributed by atoms with Gasteiger partial charge in [-0.05, 0) is 32.8 Å². The molecule has 2 N–H and O–H groups in total. The molecule has 1 aromatic rings. The second-order valence-corrected chi connectivity index (χ2v) is 5.37. The minimum atomic E-state index is 0.127. The first kappa shape index (κ1) is 13.0. The Kier molecular flexibility index (Phi) is 3.94. The second kappa shape index (κ2) is 5.46. The van der Waals surface area contributed by atoms with Crippen LogP contribution in [0.1, 0.15) is 56.1 Å². The summed E-state index contributed by atoms with van der Waals surface area (Å²) in [6, 6.07) is 2.06. The van der Waals surface area contributed by atoms with E-state index in [2.05, 4.69) is 13.8 Å². The zero-order chi connectivity index (χ0) is 13.1. The number of nitrogen functional groups attached to an aromatic ring is 1. The standard InChI is InChI=1S/C14H23N3O/c1-11(2)17-10-12(15)9-13(17)14(18)16-7-5-3-4-6-8-16/h9-11H,3-8,15H2,1-2H3. The molecule has 2 heterocycles. The van der Waals surface area contributed by atoms with Crippen molar-refractivity contribution >= 4 is 11.6 Å². The van der Waals surface area contributed by atoms with Crippen LogP contribution in [0, 0.1) is 0 Å². The van der Waals surface area contributed by atoms with E-state index in [0.29, 0.717) is 5.69 Å². The van der Waals surface area contributed by atoms with Crippen molar-refractivity contribution < 1.29 is 4.79 Å². The largest absolute Gasteiger partial charge is 0.397 e. The number of hydrogen-bond acceptors (Lipinski definition) is 2. The van der Waals surface area contributed by atoms with E-state index >= 15 is 0 Å². The monoisotopic (exact) mass is 249 g/mol. The molecule has 18 heavy (non-hydrogen) atoms. The van der Waals surface area contributed by atoms with Gasteiger partial charge in [0.15, 0.2) is 0 Å². The number of amides is 1. The SMILES string of the molecule is CC(C)n1cc(N)cc1C(=O)N1CCCCCC1. The number of rotatable bonds is 2. The number of aromatic nitrogens is 1. The molecule has 1 amide bonds. The summed E-state index contributed by atoms with van der Waals surface area (Å²) >= 11 is 0. The Bertz CT molecular complexity index is 415. The molecule has 1 aliphatic heterocycles. The fourth-order valence-electron chi connectivity index (χ4n) is 2.54. The van der Waals surface area contributed by atoms with Crippen LogP contribution in [0.3, 0.4) is 0 Å². The quantitative estimate of drug-likeness (QED) is 0.876. The Morgan fingerprint density at radius 1 is 1.22 bits per heavy atom. The summed E-state index contributed by atoms with van der Waals surface area (Å²) in [5.74, 6) is 0.127. The minimum absolute atomic E-state index is 0.127. The van der Waals surface area contributed by atoms with Gasteiger partial charge in [-0.25, -0.2) is 0 Å². The summed E-state index contributed by atoms with van der Waals surface area (Å²) in [4.78, 5) is 14.5. The predicted molar refractivity (Wildman–Crippen MR) is 73.6 cm³/mol. The second-order valence-electron chi connectivity index (χ2n) is 5.37. The van der Waals surface area contributed by atoms with E-state index in [1.54, 1.807) is 6.07 Å². The molecule has 1 saturated heterocycles. The Labute approximate surface area is 109 Å². The summed E-state index contributed by atoms with van der Waals surface area (Å²) in [7, 11) is 0. The van der Waals surface area contributed by atoms with Crippen molar-refractivity contribution in [3.8, 4) is 0 Å². The van der Waals surface area contributed by atoms with Gasteiger partial charge in [0, 0.05) is 25.3 Å². The lowest BCUT2D eigenvalue weighted by atomic mass is 10.2. The van der Waals surface area contributed by atoms with Crippen LogP contribution >= 0.6 is 0 Å². The number of nitrogens with two attached hydrogens (primary N) is 1. The smallest absolute Gasteiger partial charge is 0.270 e. The normalized spacial score (nSPS) is 16.9. The van der Waals surface area contributed by atoms with Gasteiger partial charge in [0.2, 0.25) is 0 Å². The summed E-state index contributed by atoms with van der Waals surface area (Å²) in [6.45, 7) is 5.89. The molecule has 2 rings (SSSR count). The maximum absolute atomic E-state index is 12.5. The highest BCUT2D eigenvalue weighted by atomic mass is 16.2. The van der Waals surface area contributed by atoms with E-state index in [0.717, 1.165) is 31.6 Å². The van der Waals surface area contributed by atoms with Crippen molar-refractivity contribution in [1.29, 1.82) is 0 Å². The molecule has 100 valence electrons. The number of carbonyl (C=O) groups excluding carboxylic acids is 1. The third-order valence-corrected chi connectivity index (χ3v) is 3.54. The van der Waals surface area contributed by atoms with Gasteiger partial charge in [-0.1, -0.05) is 12.8 Å². The lowest BCUT2D eigenvalue weighted by Gasteiger charge is -2.22. The van der Waals surface area contributed by atoms with Crippen LogP contribution in [0.5, 0.6) is 0 Å². The summed E-state index contributed by atoms with van der Waals surface area (Å²) in [6.07, 6.45) is 6.55. The van der Waals surface area contributed by atoms with Crippen molar-refractivity contribution in [2.24, 2.45) is 0 Å². The van der Waals surface area contributed by atoms with Gasteiger partial charge < -0.3 is 15.2 Å². The Morgan fingerprint density at radius 2 is 1.83 bits per heavy atom. The van der Waals surface area contributed by atoms with Crippen molar-refractivity contribution in [1.82, 2.24) is 9.47 Å². The highest BCUT2D eigenvalue weighted by Crippen LogP contribution is 2.20. The lowest BCUT2D eigenvalue weighted by molar-refractivity contribution is 0.0749. The third kappa shape index (κ3) is 2.68. The fraction of sp³-hybridized carbons (Fsp3) is 0.643. The van der Waals surface area contributed by atoms with Crippen LogP contribution in [-0.4, -0.2) is 28.5 Å². The zero-order valence-corrected chi connectivity index (χ0v) is 11.4. The van der Waals surface area contributed by atoms with Crippen LogP contribution in [0.2, 0.25) is 0 Å². The molecule has 1 fully saturated rings. The van der Waals surface area contributed by atoms with Crippen LogP contribution in [-0.2, 0) is 0 Å². The lowest BCUT2D eigenvalue weighted by Crippen LogP contribution is -2.33. The van der Waals surface area contributed by atoms with Crippen LogP contribution in [0.4, 0.5) is 5.69 Å². The predicted octanol–water partition coefficient (Wildman–Crippen LogP) is 2.67. The molecule has 0 aromatic carbocycles. The zero-order valence-electron chi connectivity index (χ0n) is 11.4. The number of anilines is 1. The van der Waals surface area contributed by atoms with Gasteiger partial charge in [0.1, 0.15) is 5.69 Å². The summed E-state index contributed by atoms with van der Waals surface area (Å²) < 4.78 is 1.97. The van der Waals surface area contributed by atoms with Gasteiger partial charge in [0.05, 0.1) is 5.69 Å². The first-order valence-corrected chi connectivity index (χ1v) is 6.86. The van der Waals surface area contributed by atoms with E-state index in [1.165, 1.54) is 12.8 Å². The molecule has 1 aliphatic rings. The number of carbonyl (C=O) groups is 1. The molecule has 0 bridgehead atoms. The molecule has 4 nitrogen and oxygen atoms in total. The molecular weight excluding hydrogens is 226 g/mol. The van der Waals surface area contributed by atoms with Crippen molar-refractivity contribution in [3.63, 3.8) is 0 Å². The highest BCUT2D eigenvalue weighted by Gasteiger charge is 2.21. The average Bonchev–Trinajstić information content (AvgIpc) is 2.56. The first-order valence-electron chi connectivity index (χ1n) is 6.86. The fourth-order valence-corrected chi connectivity index (χ4v) is 2.54. The van der Waals surface area contributed by atoms with Crippen molar-refractivity contribution in [3.05, 3.63) is 18.0 Å². The highest BCUT2D eigenvalue weighted by molar-refractivity contribution is 5.94. The van der Waals surface area contributed by atoms with Gasteiger partial charge in [-0.2, -0.15) is 0 Å². The third-order valence-electron chi connectivity index (χ3n) is 3.54. The Hall–Kier alpha value is -1.45. The molecule has 1 aromatic heterocycles. The van der Waals surface area contributed by atoms with Crippen molar-refractivity contribution in [2.45, 2.75) is 45.6 Å². The van der Waals surface area contributed by atoms with Crippen molar-refractivity contribution in [2.75, 3.05) is 18.8 Å². The van der Waals surface area contributed by atoms with Gasteiger partial charge in [0.25, 0.3) is 5.91 Å². The van der Waals surface area contributed by atoms with Gasteiger partial charge >= 0.3 is 0 Å². The summed E-state index contributed by atoms with van der Waals surface area (Å²) in [5.41, 5.74) is 7.22. The molecular formula is C14H23N3O. The van der Waals surface area contributed by atoms with E-state index < -0.39 is 0 Å². The Balaban J connectivity index is 2.21. The van der Waals surface area contributed by atoms with E-state index in [9.17, 15) is 4.79 Å². The maximum Gasteiger partial charge on any atom is 0.270 e. The van der Waals surface area contributed by atoms with E-state index in [4.69, 9.17) is 5.73 Å². The van der Waals surface area contributed by atoms with Gasteiger partial charge in [-0.15, -0.1) is 0 Å². The Morgan fingerprint density at radius 3 is 2.39 bits per heavy atom. The molecule has 0 unspecified atom stereocenters. The minimum Gasteiger partial charge on any atom is -0.397 e. The summed E-state index contributed by atoms with van der Waals surface area (Å²) in [5, 5.41) is 0. The van der Waals surface area contributed by atoms with Crippen LogP contribution in [0.25, 0.3) is 0 Å². The van der Waals surface area contributed by atoms with E-state index in [-0.39, 0.29) is 11.9 Å².